The maximum Gasteiger partial charge on any atom is 0.303 e. The van der Waals surface area contributed by atoms with Gasteiger partial charge in [0.1, 0.15) is 6.04 Å². The van der Waals surface area contributed by atoms with Gasteiger partial charge in [-0.05, 0) is 49.7 Å². The molecule has 0 fully saturated rings. The van der Waals surface area contributed by atoms with Crippen molar-refractivity contribution in [3.05, 3.63) is 35.4 Å². The summed E-state index contributed by atoms with van der Waals surface area (Å²) in [5.41, 5.74) is 13.0. The predicted molar refractivity (Wildman–Crippen MR) is 125 cm³/mol. The van der Waals surface area contributed by atoms with E-state index in [1.165, 1.54) is 12.6 Å². The molecule has 0 saturated heterocycles. The Morgan fingerprint density at radius 1 is 1.00 bits per heavy atom. The molecule has 0 aliphatic heterocycles. The molecule has 0 heterocycles. The molecule has 1 aromatic carbocycles. The van der Waals surface area contributed by atoms with Crippen LogP contribution in [0.1, 0.15) is 56.6 Å². The van der Waals surface area contributed by atoms with Gasteiger partial charge in [0, 0.05) is 25.9 Å². The van der Waals surface area contributed by atoms with Crippen LogP contribution in [0.5, 0.6) is 0 Å². The van der Waals surface area contributed by atoms with Gasteiger partial charge in [-0.1, -0.05) is 37.6 Å². The molecule has 2 atom stereocenters. The SMILES string of the molecule is CCCc1ccc(CC[C@H](CCC(=O)O)C(=O)N[C@@H](CCCN=C(N)N)C(=O)NC)cc1. The average molecular weight is 448 g/mol. The second kappa shape index (κ2) is 14.8. The van der Waals surface area contributed by atoms with Crippen LogP contribution >= 0.6 is 0 Å². The van der Waals surface area contributed by atoms with Crippen molar-refractivity contribution in [1.82, 2.24) is 10.6 Å². The summed E-state index contributed by atoms with van der Waals surface area (Å²) in [6.45, 7) is 2.48. The fourth-order valence-electron chi connectivity index (χ4n) is 3.44. The second-order valence-electron chi connectivity index (χ2n) is 7.86. The number of carbonyl (C=O) groups is 3. The van der Waals surface area contributed by atoms with E-state index in [1.54, 1.807) is 0 Å². The minimum atomic E-state index is -0.952. The second-order valence-corrected chi connectivity index (χ2v) is 7.86. The average Bonchev–Trinajstić information content (AvgIpc) is 2.76. The zero-order valence-corrected chi connectivity index (χ0v) is 19.1. The number of benzene rings is 1. The molecule has 1 rings (SSSR count). The normalized spacial score (nSPS) is 12.4. The first-order valence-corrected chi connectivity index (χ1v) is 11.1. The highest BCUT2D eigenvalue weighted by atomic mass is 16.4. The number of likely N-dealkylation sites (N-methyl/N-ethyl adjacent to an activating group) is 1. The van der Waals surface area contributed by atoms with Crippen molar-refractivity contribution in [3.63, 3.8) is 0 Å². The van der Waals surface area contributed by atoms with Crippen LogP contribution in [0.2, 0.25) is 0 Å². The van der Waals surface area contributed by atoms with Gasteiger partial charge < -0.3 is 27.2 Å². The molecule has 0 bridgehead atoms. The van der Waals surface area contributed by atoms with Gasteiger partial charge in [0.05, 0.1) is 0 Å². The number of nitrogens with one attached hydrogen (secondary N) is 2. The quantitative estimate of drug-likeness (QED) is 0.155. The van der Waals surface area contributed by atoms with Crippen LogP contribution in [0, 0.1) is 5.92 Å². The summed E-state index contributed by atoms with van der Waals surface area (Å²) >= 11 is 0. The number of aliphatic carboxylic acids is 1. The minimum absolute atomic E-state index is 0.0259. The topological polar surface area (TPSA) is 160 Å². The number of aryl methyl sites for hydroxylation is 2. The number of carboxylic acids is 1. The Kier molecular flexibility index (Phi) is 12.5. The Hall–Kier alpha value is -3.10. The zero-order chi connectivity index (χ0) is 23.9. The number of guanidine groups is 1. The molecule has 9 heteroatoms. The summed E-state index contributed by atoms with van der Waals surface area (Å²) < 4.78 is 0. The highest BCUT2D eigenvalue weighted by Crippen LogP contribution is 2.17. The third kappa shape index (κ3) is 10.8. The molecule has 0 aliphatic rings. The summed E-state index contributed by atoms with van der Waals surface area (Å²) in [7, 11) is 1.50. The Morgan fingerprint density at radius 2 is 1.62 bits per heavy atom. The summed E-state index contributed by atoms with van der Waals surface area (Å²) in [4.78, 5) is 40.1. The number of hydrogen-bond donors (Lipinski definition) is 5. The first kappa shape index (κ1) is 26.9. The van der Waals surface area contributed by atoms with Crippen LogP contribution in [-0.4, -0.2) is 48.5 Å². The highest BCUT2D eigenvalue weighted by molar-refractivity contribution is 5.88. The van der Waals surface area contributed by atoms with E-state index in [1.807, 2.05) is 12.1 Å². The van der Waals surface area contributed by atoms with Crippen LogP contribution in [0.15, 0.2) is 29.3 Å². The van der Waals surface area contributed by atoms with E-state index in [-0.39, 0.29) is 30.6 Å². The van der Waals surface area contributed by atoms with Gasteiger partial charge >= 0.3 is 5.97 Å². The van der Waals surface area contributed by atoms with E-state index < -0.39 is 17.9 Å². The highest BCUT2D eigenvalue weighted by Gasteiger charge is 2.25. The predicted octanol–water partition coefficient (Wildman–Crippen LogP) is 1.34. The van der Waals surface area contributed by atoms with E-state index in [9.17, 15) is 14.4 Å². The number of carbonyl (C=O) groups excluding carboxylic acids is 2. The van der Waals surface area contributed by atoms with Gasteiger partial charge in [0.25, 0.3) is 0 Å². The Labute approximate surface area is 190 Å². The molecular formula is C23H37N5O4. The molecule has 178 valence electrons. The van der Waals surface area contributed by atoms with E-state index in [4.69, 9.17) is 16.6 Å². The van der Waals surface area contributed by atoms with Gasteiger partial charge in [-0.3, -0.25) is 19.4 Å². The van der Waals surface area contributed by atoms with Gasteiger partial charge in [-0.2, -0.15) is 0 Å². The molecule has 0 aliphatic carbocycles. The lowest BCUT2D eigenvalue weighted by Gasteiger charge is -2.21. The number of nitrogens with two attached hydrogens (primary N) is 2. The van der Waals surface area contributed by atoms with Crippen molar-refractivity contribution < 1.29 is 19.5 Å². The van der Waals surface area contributed by atoms with Crippen molar-refractivity contribution in [2.24, 2.45) is 22.4 Å². The monoisotopic (exact) mass is 447 g/mol. The van der Waals surface area contributed by atoms with Gasteiger partial charge in [0.2, 0.25) is 11.8 Å². The largest absolute Gasteiger partial charge is 0.481 e. The summed E-state index contributed by atoms with van der Waals surface area (Å²) in [6, 6.07) is 7.54. The summed E-state index contributed by atoms with van der Waals surface area (Å²) in [6.07, 6.45) is 4.24. The van der Waals surface area contributed by atoms with Crippen molar-refractivity contribution in [2.45, 2.75) is 64.3 Å². The number of aliphatic imine (C=N–C) groups is 1. The Morgan fingerprint density at radius 3 is 2.16 bits per heavy atom. The van der Waals surface area contributed by atoms with Gasteiger partial charge in [-0.25, -0.2) is 0 Å². The molecule has 2 amide bonds. The maximum absolute atomic E-state index is 12.9. The third-order valence-electron chi connectivity index (χ3n) is 5.25. The van der Waals surface area contributed by atoms with Crippen LogP contribution in [-0.2, 0) is 27.2 Å². The van der Waals surface area contributed by atoms with E-state index in [0.717, 1.165) is 18.4 Å². The lowest BCUT2D eigenvalue weighted by molar-refractivity contribution is -0.138. The van der Waals surface area contributed by atoms with E-state index in [0.29, 0.717) is 32.2 Å². The van der Waals surface area contributed by atoms with E-state index >= 15 is 0 Å². The molecule has 32 heavy (non-hydrogen) atoms. The summed E-state index contributed by atoms with van der Waals surface area (Å²) in [5.74, 6) is -2.11. The fourth-order valence-corrected chi connectivity index (χ4v) is 3.44. The van der Waals surface area contributed by atoms with Crippen LogP contribution in [0.3, 0.4) is 0 Å². The van der Waals surface area contributed by atoms with Crippen LogP contribution < -0.4 is 22.1 Å². The molecule has 1 aromatic rings. The molecule has 9 nitrogen and oxygen atoms in total. The molecule has 7 N–H and O–H groups in total. The number of hydrogen-bond acceptors (Lipinski definition) is 4. The zero-order valence-electron chi connectivity index (χ0n) is 19.1. The number of nitrogens with zero attached hydrogens (tertiary/aromatic N) is 1. The molecule has 0 aromatic heterocycles. The standard InChI is InChI=1S/C23H37N5O4/c1-3-5-16-7-9-17(10-8-16)11-12-18(13-14-20(29)30)21(31)28-19(22(32)26-2)6-4-15-27-23(24)25/h7-10,18-19H,3-6,11-15H2,1-2H3,(H,26,32)(H,28,31)(H,29,30)(H4,24,25,27)/t18-,19+/m1/s1. The maximum atomic E-state index is 12.9. The number of amides is 2. The Bertz CT molecular complexity index is 760. The van der Waals surface area contributed by atoms with E-state index in [2.05, 4.69) is 34.7 Å². The Balaban J connectivity index is 2.78. The van der Waals surface area contributed by atoms with Crippen LogP contribution in [0.4, 0.5) is 0 Å². The molecule has 0 radical (unpaired) electrons. The molecule has 0 unspecified atom stereocenters. The first-order valence-electron chi connectivity index (χ1n) is 11.1. The lowest BCUT2D eigenvalue weighted by atomic mass is 9.93. The number of carboxylic acid groups (broad SMARTS) is 1. The smallest absolute Gasteiger partial charge is 0.303 e. The first-order chi connectivity index (χ1) is 15.3. The minimum Gasteiger partial charge on any atom is -0.481 e. The van der Waals surface area contributed by atoms with Crippen molar-refractivity contribution >= 4 is 23.7 Å². The van der Waals surface area contributed by atoms with Crippen LogP contribution in [0.25, 0.3) is 0 Å². The van der Waals surface area contributed by atoms with Crippen molar-refractivity contribution in [3.8, 4) is 0 Å². The lowest BCUT2D eigenvalue weighted by Crippen LogP contribution is -2.47. The third-order valence-corrected chi connectivity index (χ3v) is 5.25. The van der Waals surface area contributed by atoms with Gasteiger partial charge in [0.15, 0.2) is 5.96 Å². The molecule has 0 spiro atoms. The molecule has 0 saturated carbocycles. The number of rotatable bonds is 15. The summed E-state index contributed by atoms with van der Waals surface area (Å²) in [5, 5.41) is 14.4. The molecular weight excluding hydrogens is 410 g/mol. The van der Waals surface area contributed by atoms with Gasteiger partial charge in [-0.15, -0.1) is 0 Å². The van der Waals surface area contributed by atoms with Crippen molar-refractivity contribution in [2.75, 3.05) is 13.6 Å². The van der Waals surface area contributed by atoms with Crippen molar-refractivity contribution in [1.29, 1.82) is 0 Å². The fraction of sp³-hybridized carbons (Fsp3) is 0.565.